The second-order valence-electron chi connectivity index (χ2n) is 2.83. The number of nitrogens with two attached hydrogens (primary N) is 1. The van der Waals surface area contributed by atoms with E-state index in [9.17, 15) is 0 Å². The van der Waals surface area contributed by atoms with Crippen molar-refractivity contribution in [2.45, 2.75) is 6.54 Å². The minimum absolute atomic E-state index is 0.221. The number of nitrogens with zero attached hydrogens (tertiary/aromatic N) is 2. The van der Waals surface area contributed by atoms with Crippen molar-refractivity contribution in [3.63, 3.8) is 0 Å². The number of hydrogen-bond donors (Lipinski definition) is 1. The van der Waals surface area contributed by atoms with Gasteiger partial charge in [0.25, 0.3) is 0 Å². The van der Waals surface area contributed by atoms with Crippen LogP contribution in [-0.4, -0.2) is 10.2 Å². The summed E-state index contributed by atoms with van der Waals surface area (Å²) in [5.74, 6) is 0.766. The van der Waals surface area contributed by atoms with E-state index in [1.165, 1.54) is 0 Å². The summed E-state index contributed by atoms with van der Waals surface area (Å²) in [6.07, 6.45) is 0. The summed E-state index contributed by atoms with van der Waals surface area (Å²) in [6, 6.07) is 5.41. The highest BCUT2D eigenvalue weighted by molar-refractivity contribution is 9.10. The first-order chi connectivity index (χ1) is 7.20. The first-order valence-electron chi connectivity index (χ1n) is 4.18. The van der Waals surface area contributed by atoms with E-state index in [1.807, 2.05) is 12.1 Å². The Morgan fingerprint density at radius 2 is 2.20 bits per heavy atom. The Balaban J connectivity index is 2.48. The number of rotatable bonds is 2. The Bertz CT molecular complexity index is 486. The molecule has 0 aliphatic heterocycles. The smallest absolute Gasteiger partial charge is 0.249 e. The maximum atomic E-state index is 6.00. The van der Waals surface area contributed by atoms with Gasteiger partial charge in [0.05, 0.1) is 17.1 Å². The molecule has 15 heavy (non-hydrogen) atoms. The molecule has 0 saturated carbocycles. The Hall–Kier alpha value is -0.910. The van der Waals surface area contributed by atoms with Gasteiger partial charge in [-0.25, -0.2) is 0 Å². The quantitative estimate of drug-likeness (QED) is 0.922. The minimum Gasteiger partial charge on any atom is -0.419 e. The minimum atomic E-state index is 0.221. The van der Waals surface area contributed by atoms with Crippen LogP contribution in [0.2, 0.25) is 5.02 Å². The summed E-state index contributed by atoms with van der Waals surface area (Å²) in [5.41, 5.74) is 6.06. The molecule has 1 aromatic carbocycles. The van der Waals surface area contributed by atoms with Gasteiger partial charge in [0.2, 0.25) is 11.8 Å². The molecule has 0 radical (unpaired) electrons. The first-order valence-corrected chi connectivity index (χ1v) is 5.35. The predicted molar refractivity (Wildman–Crippen MR) is 60.3 cm³/mol. The molecule has 0 saturated heterocycles. The van der Waals surface area contributed by atoms with E-state index in [1.54, 1.807) is 6.07 Å². The molecule has 2 rings (SSSR count). The second-order valence-corrected chi connectivity index (χ2v) is 4.15. The molecule has 0 atom stereocenters. The van der Waals surface area contributed by atoms with Gasteiger partial charge in [0, 0.05) is 4.47 Å². The Labute approximate surface area is 99.6 Å². The molecule has 0 amide bonds. The molecule has 0 fully saturated rings. The zero-order valence-corrected chi connectivity index (χ0v) is 9.92. The summed E-state index contributed by atoms with van der Waals surface area (Å²) in [5, 5.41) is 8.18. The lowest BCUT2D eigenvalue weighted by atomic mass is 10.2. The van der Waals surface area contributed by atoms with Gasteiger partial charge in [0.15, 0.2) is 0 Å². The summed E-state index contributed by atoms with van der Waals surface area (Å²) < 4.78 is 6.20. The fraction of sp³-hybridized carbons (Fsp3) is 0.111. The summed E-state index contributed by atoms with van der Waals surface area (Å²) in [7, 11) is 0. The van der Waals surface area contributed by atoms with E-state index in [0.717, 1.165) is 4.47 Å². The monoisotopic (exact) mass is 287 g/mol. The first kappa shape index (κ1) is 10.6. The largest absolute Gasteiger partial charge is 0.419 e. The van der Waals surface area contributed by atoms with E-state index in [4.69, 9.17) is 21.8 Å². The van der Waals surface area contributed by atoms with E-state index in [0.29, 0.717) is 22.4 Å². The zero-order valence-electron chi connectivity index (χ0n) is 7.58. The van der Waals surface area contributed by atoms with Gasteiger partial charge in [-0.15, -0.1) is 10.2 Å². The lowest BCUT2D eigenvalue weighted by molar-refractivity contribution is 0.508. The normalized spacial score (nSPS) is 10.6. The van der Waals surface area contributed by atoms with Crippen LogP contribution in [0.25, 0.3) is 11.5 Å². The van der Waals surface area contributed by atoms with Gasteiger partial charge in [-0.3, -0.25) is 0 Å². The van der Waals surface area contributed by atoms with E-state index in [-0.39, 0.29) is 6.54 Å². The molecule has 0 unspecified atom stereocenters. The lowest BCUT2D eigenvalue weighted by Gasteiger charge is -1.98. The molecular weight excluding hydrogens is 281 g/mol. The number of hydrogen-bond acceptors (Lipinski definition) is 4. The average Bonchev–Trinajstić information content (AvgIpc) is 2.70. The van der Waals surface area contributed by atoms with Gasteiger partial charge < -0.3 is 10.2 Å². The fourth-order valence-electron chi connectivity index (χ4n) is 1.11. The van der Waals surface area contributed by atoms with Gasteiger partial charge in [0.1, 0.15) is 0 Å². The van der Waals surface area contributed by atoms with Crippen molar-refractivity contribution in [3.05, 3.63) is 33.6 Å². The lowest BCUT2D eigenvalue weighted by Crippen LogP contribution is -1.95. The molecule has 0 spiro atoms. The third-order valence-corrected chi connectivity index (χ3v) is 2.62. The second kappa shape index (κ2) is 4.30. The van der Waals surface area contributed by atoms with Gasteiger partial charge in [-0.05, 0) is 18.2 Å². The molecule has 0 aliphatic rings. The topological polar surface area (TPSA) is 64.9 Å². The van der Waals surface area contributed by atoms with E-state index < -0.39 is 0 Å². The Morgan fingerprint density at radius 1 is 1.40 bits per heavy atom. The van der Waals surface area contributed by atoms with Crippen molar-refractivity contribution in [3.8, 4) is 11.5 Å². The number of halogens is 2. The van der Waals surface area contributed by atoms with Crippen LogP contribution in [0.1, 0.15) is 5.89 Å². The van der Waals surface area contributed by atoms with Crippen LogP contribution < -0.4 is 5.73 Å². The SMILES string of the molecule is NCc1nnc(-c2cc(Br)ccc2Cl)o1. The van der Waals surface area contributed by atoms with Crippen LogP contribution in [-0.2, 0) is 6.54 Å². The summed E-state index contributed by atoms with van der Waals surface area (Å²) in [6.45, 7) is 0.221. The Kier molecular flexibility index (Phi) is 3.04. The van der Waals surface area contributed by atoms with Crippen LogP contribution >= 0.6 is 27.5 Å². The van der Waals surface area contributed by atoms with Crippen molar-refractivity contribution in [2.24, 2.45) is 5.73 Å². The van der Waals surface area contributed by atoms with Crippen molar-refractivity contribution in [2.75, 3.05) is 0 Å². The zero-order chi connectivity index (χ0) is 10.8. The van der Waals surface area contributed by atoms with Crippen molar-refractivity contribution in [1.29, 1.82) is 0 Å². The van der Waals surface area contributed by atoms with Gasteiger partial charge in [-0.1, -0.05) is 27.5 Å². The van der Waals surface area contributed by atoms with Gasteiger partial charge >= 0.3 is 0 Å². The average molecular weight is 289 g/mol. The van der Waals surface area contributed by atoms with Crippen LogP contribution in [0.4, 0.5) is 0 Å². The third-order valence-electron chi connectivity index (χ3n) is 1.80. The molecule has 6 heteroatoms. The molecule has 0 bridgehead atoms. The summed E-state index contributed by atoms with van der Waals surface area (Å²) >= 11 is 9.35. The third kappa shape index (κ3) is 2.19. The van der Waals surface area contributed by atoms with Crippen molar-refractivity contribution in [1.82, 2.24) is 10.2 Å². The van der Waals surface area contributed by atoms with Crippen LogP contribution in [0.15, 0.2) is 27.1 Å². The van der Waals surface area contributed by atoms with E-state index in [2.05, 4.69) is 26.1 Å². The standard InChI is InChI=1S/C9H7BrClN3O/c10-5-1-2-7(11)6(3-5)9-14-13-8(4-12)15-9/h1-3H,4,12H2. The highest BCUT2D eigenvalue weighted by Crippen LogP contribution is 2.29. The molecule has 2 aromatic rings. The summed E-state index contributed by atoms with van der Waals surface area (Å²) in [4.78, 5) is 0. The van der Waals surface area contributed by atoms with E-state index >= 15 is 0 Å². The molecule has 0 aliphatic carbocycles. The van der Waals surface area contributed by atoms with Gasteiger partial charge in [-0.2, -0.15) is 0 Å². The molecule has 78 valence electrons. The highest BCUT2D eigenvalue weighted by atomic mass is 79.9. The molecular formula is C9H7BrClN3O. The van der Waals surface area contributed by atoms with Crippen LogP contribution in [0, 0.1) is 0 Å². The highest BCUT2D eigenvalue weighted by Gasteiger charge is 2.11. The van der Waals surface area contributed by atoms with Crippen LogP contribution in [0.3, 0.4) is 0 Å². The van der Waals surface area contributed by atoms with Crippen molar-refractivity contribution >= 4 is 27.5 Å². The Morgan fingerprint density at radius 3 is 2.87 bits per heavy atom. The maximum Gasteiger partial charge on any atom is 0.249 e. The molecule has 2 N–H and O–H groups in total. The number of aromatic nitrogens is 2. The number of benzene rings is 1. The maximum absolute atomic E-state index is 6.00. The van der Waals surface area contributed by atoms with Crippen LogP contribution in [0.5, 0.6) is 0 Å². The molecule has 1 aromatic heterocycles. The fourth-order valence-corrected chi connectivity index (χ4v) is 1.67. The van der Waals surface area contributed by atoms with Crippen molar-refractivity contribution < 1.29 is 4.42 Å². The molecule has 1 heterocycles. The molecule has 4 nitrogen and oxygen atoms in total. The predicted octanol–water partition coefficient (Wildman–Crippen LogP) is 2.61.